The van der Waals surface area contributed by atoms with Crippen LogP contribution >= 0.6 is 0 Å². The maximum atomic E-state index is 12.2. The summed E-state index contributed by atoms with van der Waals surface area (Å²) in [5, 5.41) is 11.8. The number of nitrogens with one attached hydrogen (secondary N) is 1. The minimum absolute atomic E-state index is 0.0253. The van der Waals surface area contributed by atoms with Crippen molar-refractivity contribution in [3.05, 3.63) is 35.4 Å². The smallest absolute Gasteiger partial charge is 0.305 e. The quantitative estimate of drug-likeness (QED) is 0.858. The number of carbonyl (C=O) groups excluding carboxylic acids is 1. The molecule has 0 spiro atoms. The van der Waals surface area contributed by atoms with Gasteiger partial charge in [0.1, 0.15) is 0 Å². The zero-order valence-corrected chi connectivity index (χ0v) is 11.9. The van der Waals surface area contributed by atoms with Gasteiger partial charge in [-0.25, -0.2) is 0 Å². The summed E-state index contributed by atoms with van der Waals surface area (Å²) in [6, 6.07) is 7.24. The Balaban J connectivity index is 2.91. The van der Waals surface area contributed by atoms with Gasteiger partial charge in [0.05, 0.1) is 12.0 Å². The van der Waals surface area contributed by atoms with Crippen molar-refractivity contribution in [1.82, 2.24) is 5.32 Å². The molecule has 1 atom stereocenters. The van der Waals surface area contributed by atoms with Gasteiger partial charge in [0.25, 0.3) is 5.91 Å². The molecule has 1 amide bonds. The first-order valence-corrected chi connectivity index (χ1v) is 6.35. The Bertz CT molecular complexity index is 482. The molecular weight excluding hydrogens is 242 g/mol. The summed E-state index contributed by atoms with van der Waals surface area (Å²) in [6.07, 6.45) is -0.0950. The number of hydrogen-bond donors (Lipinski definition) is 2. The maximum Gasteiger partial charge on any atom is 0.305 e. The van der Waals surface area contributed by atoms with Gasteiger partial charge in [-0.05, 0) is 31.9 Å². The molecule has 0 aliphatic carbocycles. The number of rotatable bonds is 5. The van der Waals surface area contributed by atoms with E-state index in [1.54, 1.807) is 19.1 Å². The Morgan fingerprint density at radius 2 is 2.00 bits per heavy atom. The second-order valence-electron chi connectivity index (χ2n) is 5.47. The fourth-order valence-corrected chi connectivity index (χ4v) is 1.82. The number of aliphatic carboxylic acids is 1. The van der Waals surface area contributed by atoms with Crippen LogP contribution in [0.4, 0.5) is 0 Å². The summed E-state index contributed by atoms with van der Waals surface area (Å²) in [5.41, 5.74) is 0.793. The van der Waals surface area contributed by atoms with Crippen LogP contribution in [0.25, 0.3) is 0 Å². The zero-order valence-electron chi connectivity index (χ0n) is 11.9. The van der Waals surface area contributed by atoms with E-state index < -0.39 is 11.5 Å². The first-order valence-electron chi connectivity index (χ1n) is 6.35. The largest absolute Gasteiger partial charge is 0.481 e. The third-order valence-corrected chi connectivity index (χ3v) is 3.47. The van der Waals surface area contributed by atoms with Gasteiger partial charge < -0.3 is 10.4 Å². The summed E-state index contributed by atoms with van der Waals surface area (Å²) >= 11 is 0. The third-order valence-electron chi connectivity index (χ3n) is 3.47. The maximum absolute atomic E-state index is 12.2. The normalized spacial score (nSPS) is 13.9. The van der Waals surface area contributed by atoms with Crippen molar-refractivity contribution in [2.75, 3.05) is 0 Å². The molecule has 0 aliphatic heterocycles. The zero-order chi connectivity index (χ0) is 14.6. The standard InChI is InChI=1S/C15H21NO3/c1-10(2)15(4,9-13(17)18)16-14(19)12-7-5-6-11(3)8-12/h5-8,10H,9H2,1-4H3,(H,16,19)(H,17,18). The van der Waals surface area contributed by atoms with E-state index in [0.717, 1.165) is 5.56 Å². The molecule has 0 aromatic heterocycles. The highest BCUT2D eigenvalue weighted by molar-refractivity contribution is 5.95. The van der Waals surface area contributed by atoms with E-state index in [2.05, 4.69) is 5.32 Å². The molecule has 4 nitrogen and oxygen atoms in total. The predicted octanol–water partition coefficient (Wildman–Crippen LogP) is 2.61. The van der Waals surface area contributed by atoms with E-state index in [-0.39, 0.29) is 18.2 Å². The summed E-state index contributed by atoms with van der Waals surface area (Å²) in [6.45, 7) is 7.48. The lowest BCUT2D eigenvalue weighted by Gasteiger charge is -2.33. The molecule has 0 fully saturated rings. The monoisotopic (exact) mass is 263 g/mol. The molecule has 0 saturated heterocycles. The molecule has 1 aromatic carbocycles. The first kappa shape index (κ1) is 15.2. The molecule has 104 valence electrons. The molecule has 0 aliphatic rings. The van der Waals surface area contributed by atoms with Gasteiger partial charge in [-0.1, -0.05) is 31.5 Å². The molecule has 0 heterocycles. The lowest BCUT2D eigenvalue weighted by molar-refractivity contribution is -0.138. The highest BCUT2D eigenvalue weighted by Gasteiger charge is 2.33. The molecule has 2 N–H and O–H groups in total. The van der Waals surface area contributed by atoms with Crippen LogP contribution in [0.15, 0.2) is 24.3 Å². The minimum atomic E-state index is -0.916. The van der Waals surface area contributed by atoms with Crippen molar-refractivity contribution in [2.24, 2.45) is 5.92 Å². The molecule has 1 rings (SSSR count). The van der Waals surface area contributed by atoms with Crippen LogP contribution in [0.2, 0.25) is 0 Å². The minimum Gasteiger partial charge on any atom is -0.481 e. The first-order chi connectivity index (χ1) is 8.74. The average molecular weight is 263 g/mol. The second kappa shape index (κ2) is 5.87. The number of benzene rings is 1. The molecule has 1 unspecified atom stereocenters. The summed E-state index contributed by atoms with van der Waals surface area (Å²) in [5.74, 6) is -1.13. The van der Waals surface area contributed by atoms with Crippen LogP contribution in [0.3, 0.4) is 0 Å². The van der Waals surface area contributed by atoms with Gasteiger partial charge in [-0.2, -0.15) is 0 Å². The van der Waals surface area contributed by atoms with Crippen LogP contribution in [0.5, 0.6) is 0 Å². The fraction of sp³-hybridized carbons (Fsp3) is 0.467. The van der Waals surface area contributed by atoms with Crippen molar-refractivity contribution in [2.45, 2.75) is 39.7 Å². The molecule has 4 heteroatoms. The summed E-state index contributed by atoms with van der Waals surface area (Å²) in [4.78, 5) is 23.1. The van der Waals surface area contributed by atoms with E-state index in [1.165, 1.54) is 0 Å². The molecule has 19 heavy (non-hydrogen) atoms. The topological polar surface area (TPSA) is 66.4 Å². The number of hydrogen-bond acceptors (Lipinski definition) is 2. The molecule has 0 radical (unpaired) electrons. The van der Waals surface area contributed by atoms with E-state index in [4.69, 9.17) is 5.11 Å². The van der Waals surface area contributed by atoms with Crippen LogP contribution in [0.1, 0.15) is 43.1 Å². The van der Waals surface area contributed by atoms with Crippen molar-refractivity contribution < 1.29 is 14.7 Å². The van der Waals surface area contributed by atoms with Crippen LogP contribution in [-0.2, 0) is 4.79 Å². The van der Waals surface area contributed by atoms with Crippen LogP contribution in [0, 0.1) is 12.8 Å². The predicted molar refractivity (Wildman–Crippen MR) is 74.1 cm³/mol. The molecule has 1 aromatic rings. The van der Waals surface area contributed by atoms with E-state index >= 15 is 0 Å². The Kier molecular flexibility index (Phi) is 4.70. The van der Waals surface area contributed by atoms with Crippen molar-refractivity contribution >= 4 is 11.9 Å². The van der Waals surface area contributed by atoms with E-state index in [0.29, 0.717) is 5.56 Å². The average Bonchev–Trinajstić information content (AvgIpc) is 2.27. The van der Waals surface area contributed by atoms with Gasteiger partial charge in [0, 0.05) is 5.56 Å². The Hall–Kier alpha value is -1.84. The summed E-state index contributed by atoms with van der Waals surface area (Å²) in [7, 11) is 0. The third kappa shape index (κ3) is 4.09. The Morgan fingerprint density at radius 3 is 2.47 bits per heavy atom. The number of carboxylic acids is 1. The van der Waals surface area contributed by atoms with Crippen molar-refractivity contribution in [3.8, 4) is 0 Å². The van der Waals surface area contributed by atoms with Crippen molar-refractivity contribution in [1.29, 1.82) is 0 Å². The number of carbonyl (C=O) groups is 2. The van der Waals surface area contributed by atoms with E-state index in [9.17, 15) is 9.59 Å². The van der Waals surface area contributed by atoms with Gasteiger partial charge in [0.15, 0.2) is 0 Å². The van der Waals surface area contributed by atoms with E-state index in [1.807, 2.05) is 32.9 Å². The molecular formula is C15H21NO3. The highest BCUT2D eigenvalue weighted by Crippen LogP contribution is 2.21. The number of aryl methyl sites for hydroxylation is 1. The van der Waals surface area contributed by atoms with Crippen LogP contribution < -0.4 is 5.32 Å². The molecule has 0 bridgehead atoms. The fourth-order valence-electron chi connectivity index (χ4n) is 1.82. The van der Waals surface area contributed by atoms with Crippen molar-refractivity contribution in [3.63, 3.8) is 0 Å². The lowest BCUT2D eigenvalue weighted by Crippen LogP contribution is -2.51. The van der Waals surface area contributed by atoms with Gasteiger partial charge in [-0.15, -0.1) is 0 Å². The van der Waals surface area contributed by atoms with Crippen LogP contribution in [-0.4, -0.2) is 22.5 Å². The SMILES string of the molecule is Cc1cccc(C(=O)NC(C)(CC(=O)O)C(C)C)c1. The lowest BCUT2D eigenvalue weighted by atomic mass is 9.85. The Morgan fingerprint density at radius 1 is 1.37 bits per heavy atom. The van der Waals surface area contributed by atoms with Gasteiger partial charge >= 0.3 is 5.97 Å². The van der Waals surface area contributed by atoms with Gasteiger partial charge in [-0.3, -0.25) is 9.59 Å². The summed E-state index contributed by atoms with van der Waals surface area (Å²) < 4.78 is 0. The van der Waals surface area contributed by atoms with Gasteiger partial charge in [0.2, 0.25) is 0 Å². The Labute approximate surface area is 113 Å². The molecule has 0 saturated carbocycles. The second-order valence-corrected chi connectivity index (χ2v) is 5.47. The number of amides is 1. The highest BCUT2D eigenvalue weighted by atomic mass is 16.4. The number of carboxylic acid groups (broad SMARTS) is 1.